The summed E-state index contributed by atoms with van der Waals surface area (Å²) in [5.41, 5.74) is 0. The van der Waals surface area contributed by atoms with Gasteiger partial charge in [0.15, 0.2) is 0 Å². The first-order valence-corrected chi connectivity index (χ1v) is 19.6. The molecule has 0 aromatic rings. The van der Waals surface area contributed by atoms with Crippen molar-refractivity contribution in [3.05, 3.63) is 24.3 Å². The van der Waals surface area contributed by atoms with Crippen LogP contribution in [0, 0.1) is 0 Å². The van der Waals surface area contributed by atoms with E-state index in [0.717, 1.165) is 39.0 Å². The molecule has 0 saturated heterocycles. The lowest BCUT2D eigenvalue weighted by atomic mass is 10.1. The van der Waals surface area contributed by atoms with Gasteiger partial charge in [-0.05, 0) is 64.2 Å². The highest BCUT2D eigenvalue weighted by Crippen LogP contribution is 2.14. The van der Waals surface area contributed by atoms with Gasteiger partial charge >= 0.3 is 0 Å². The SMILES string of the molecule is CCCCCCCCC=CCCCCCCCC(=O)NCCN1CCN=C1CCCCCCCC=CCCCCCCCC. The minimum Gasteiger partial charge on any atom is -0.357 e. The van der Waals surface area contributed by atoms with Gasteiger partial charge in [-0.25, -0.2) is 0 Å². The number of nitrogens with zero attached hydrogens (tertiary/aromatic N) is 2. The molecule has 0 unspecified atom stereocenters. The molecule has 1 heterocycles. The zero-order chi connectivity index (χ0) is 31.6. The molecule has 0 aliphatic carbocycles. The Hall–Kier alpha value is -1.58. The molecule has 1 aliphatic rings. The van der Waals surface area contributed by atoms with E-state index in [1.807, 2.05) is 0 Å². The van der Waals surface area contributed by atoms with Gasteiger partial charge in [-0.2, -0.15) is 0 Å². The number of hydrogen-bond acceptors (Lipinski definition) is 3. The van der Waals surface area contributed by atoms with Crippen molar-refractivity contribution in [2.75, 3.05) is 26.2 Å². The third-order valence-electron chi connectivity index (χ3n) is 9.06. The highest BCUT2D eigenvalue weighted by molar-refractivity contribution is 5.83. The van der Waals surface area contributed by atoms with Crippen LogP contribution in [0.4, 0.5) is 0 Å². The lowest BCUT2D eigenvalue weighted by Crippen LogP contribution is -2.36. The molecular formula is C40H75N3O. The third kappa shape index (κ3) is 26.8. The first-order chi connectivity index (χ1) is 21.8. The van der Waals surface area contributed by atoms with Crippen LogP contribution >= 0.6 is 0 Å². The number of allylic oxidation sites excluding steroid dienone is 4. The van der Waals surface area contributed by atoms with Gasteiger partial charge in [0.25, 0.3) is 0 Å². The molecule has 0 spiro atoms. The minimum atomic E-state index is 0.220. The Kier molecular flexibility index (Phi) is 30.2. The Labute approximate surface area is 275 Å². The van der Waals surface area contributed by atoms with E-state index in [9.17, 15) is 4.79 Å². The molecule has 1 rings (SSSR count). The van der Waals surface area contributed by atoms with Crippen LogP contribution in [0.25, 0.3) is 0 Å². The van der Waals surface area contributed by atoms with Gasteiger partial charge in [-0.15, -0.1) is 0 Å². The lowest BCUT2D eigenvalue weighted by molar-refractivity contribution is -0.121. The molecule has 1 aliphatic heterocycles. The Morgan fingerprint density at radius 2 is 1.05 bits per heavy atom. The summed E-state index contributed by atoms with van der Waals surface area (Å²) in [4.78, 5) is 19.4. The topological polar surface area (TPSA) is 44.7 Å². The second-order valence-corrected chi connectivity index (χ2v) is 13.3. The van der Waals surface area contributed by atoms with E-state index < -0.39 is 0 Å². The number of aliphatic imine (C=N–C) groups is 1. The highest BCUT2D eigenvalue weighted by Gasteiger charge is 2.16. The number of amidine groups is 1. The molecule has 0 aromatic heterocycles. The van der Waals surface area contributed by atoms with Crippen molar-refractivity contribution < 1.29 is 4.79 Å². The van der Waals surface area contributed by atoms with Crippen molar-refractivity contribution in [3.8, 4) is 0 Å². The summed E-state index contributed by atoms with van der Waals surface area (Å²) < 4.78 is 0. The van der Waals surface area contributed by atoms with Crippen molar-refractivity contribution in [2.24, 2.45) is 4.99 Å². The number of carbonyl (C=O) groups excluding carboxylic acids is 1. The molecule has 4 heteroatoms. The molecule has 0 radical (unpaired) electrons. The van der Waals surface area contributed by atoms with Crippen molar-refractivity contribution >= 4 is 11.7 Å². The maximum absolute atomic E-state index is 12.3. The van der Waals surface area contributed by atoms with Crippen molar-refractivity contribution in [3.63, 3.8) is 0 Å². The first kappa shape index (κ1) is 40.4. The van der Waals surface area contributed by atoms with Crippen LogP contribution in [0.1, 0.15) is 194 Å². The Balaban J connectivity index is 1.88. The summed E-state index contributed by atoms with van der Waals surface area (Å²) in [5, 5.41) is 3.15. The quantitative estimate of drug-likeness (QED) is 0.0591. The van der Waals surface area contributed by atoms with Gasteiger partial charge in [0, 0.05) is 32.5 Å². The second kappa shape index (κ2) is 32.8. The maximum Gasteiger partial charge on any atom is 0.220 e. The molecule has 0 aromatic carbocycles. The minimum absolute atomic E-state index is 0.220. The number of nitrogens with one attached hydrogen (secondary N) is 1. The van der Waals surface area contributed by atoms with Gasteiger partial charge in [0.05, 0.1) is 12.4 Å². The number of hydrogen-bond donors (Lipinski definition) is 1. The number of unbranched alkanes of at least 4 members (excludes halogenated alkanes) is 22. The van der Waals surface area contributed by atoms with Gasteiger partial charge in [0.1, 0.15) is 0 Å². The van der Waals surface area contributed by atoms with Crippen molar-refractivity contribution in [1.29, 1.82) is 0 Å². The molecule has 4 nitrogen and oxygen atoms in total. The fraction of sp³-hybridized carbons (Fsp3) is 0.850. The Bertz CT molecular complexity index is 713. The summed E-state index contributed by atoms with van der Waals surface area (Å²) in [6.45, 7) is 8.15. The van der Waals surface area contributed by atoms with Crippen LogP contribution in [0.5, 0.6) is 0 Å². The molecule has 0 atom stereocenters. The van der Waals surface area contributed by atoms with E-state index >= 15 is 0 Å². The van der Waals surface area contributed by atoms with E-state index in [0.29, 0.717) is 6.42 Å². The molecule has 44 heavy (non-hydrogen) atoms. The standard InChI is InChI=1S/C40H75N3O/c1-3-5-7-9-11-13-15-17-19-21-23-25-27-29-31-33-39-41-35-37-43(39)38-36-42-40(44)34-32-30-28-26-24-22-20-18-16-14-12-10-8-6-4-2/h17-20H,3-16,21-38H2,1-2H3,(H,42,44). The smallest absolute Gasteiger partial charge is 0.220 e. The molecule has 1 amide bonds. The van der Waals surface area contributed by atoms with Gasteiger partial charge in [-0.3, -0.25) is 9.79 Å². The number of amides is 1. The van der Waals surface area contributed by atoms with E-state index in [1.54, 1.807) is 0 Å². The van der Waals surface area contributed by atoms with Crippen LogP contribution in [0.2, 0.25) is 0 Å². The van der Waals surface area contributed by atoms with Gasteiger partial charge in [-0.1, -0.05) is 141 Å². The largest absolute Gasteiger partial charge is 0.357 e. The average Bonchev–Trinajstić information content (AvgIpc) is 3.48. The normalized spacial score (nSPS) is 13.5. The van der Waals surface area contributed by atoms with Crippen LogP contribution in [-0.4, -0.2) is 42.8 Å². The Morgan fingerprint density at radius 1 is 0.614 bits per heavy atom. The summed E-state index contributed by atoms with van der Waals surface area (Å²) in [6, 6.07) is 0. The number of carbonyl (C=O) groups is 1. The van der Waals surface area contributed by atoms with E-state index in [4.69, 9.17) is 4.99 Å². The maximum atomic E-state index is 12.3. The van der Waals surface area contributed by atoms with Crippen LogP contribution < -0.4 is 5.32 Å². The molecule has 0 fully saturated rings. The summed E-state index contributed by atoms with van der Waals surface area (Å²) in [6.07, 6.45) is 45.6. The third-order valence-corrected chi connectivity index (χ3v) is 9.06. The summed E-state index contributed by atoms with van der Waals surface area (Å²) >= 11 is 0. The van der Waals surface area contributed by atoms with Crippen LogP contribution in [-0.2, 0) is 4.79 Å². The van der Waals surface area contributed by atoms with Crippen molar-refractivity contribution in [2.45, 2.75) is 194 Å². The fourth-order valence-corrected chi connectivity index (χ4v) is 6.14. The zero-order valence-electron chi connectivity index (χ0n) is 29.7. The van der Waals surface area contributed by atoms with Crippen molar-refractivity contribution in [1.82, 2.24) is 10.2 Å². The first-order valence-electron chi connectivity index (χ1n) is 19.6. The highest BCUT2D eigenvalue weighted by atomic mass is 16.1. The summed E-state index contributed by atoms with van der Waals surface area (Å²) in [5.74, 6) is 1.49. The zero-order valence-corrected chi connectivity index (χ0v) is 29.7. The van der Waals surface area contributed by atoms with Gasteiger partial charge < -0.3 is 10.2 Å². The molecule has 0 saturated carbocycles. The molecule has 256 valence electrons. The molecule has 0 bridgehead atoms. The fourth-order valence-electron chi connectivity index (χ4n) is 6.14. The molecular weight excluding hydrogens is 538 g/mol. The van der Waals surface area contributed by atoms with E-state index in [-0.39, 0.29) is 5.91 Å². The van der Waals surface area contributed by atoms with E-state index in [2.05, 4.69) is 48.4 Å². The molecule has 1 N–H and O–H groups in total. The monoisotopic (exact) mass is 614 g/mol. The predicted molar refractivity (Wildman–Crippen MR) is 196 cm³/mol. The Morgan fingerprint density at radius 3 is 1.55 bits per heavy atom. The second-order valence-electron chi connectivity index (χ2n) is 13.3. The average molecular weight is 614 g/mol. The van der Waals surface area contributed by atoms with Crippen LogP contribution in [0.3, 0.4) is 0 Å². The number of rotatable bonds is 33. The van der Waals surface area contributed by atoms with Gasteiger partial charge in [0.2, 0.25) is 5.91 Å². The lowest BCUT2D eigenvalue weighted by Gasteiger charge is -2.20. The summed E-state index contributed by atoms with van der Waals surface area (Å²) in [7, 11) is 0. The van der Waals surface area contributed by atoms with E-state index in [1.165, 1.54) is 166 Å². The van der Waals surface area contributed by atoms with Crippen LogP contribution in [0.15, 0.2) is 29.3 Å². The predicted octanol–water partition coefficient (Wildman–Crippen LogP) is 11.9.